The van der Waals surface area contributed by atoms with Crippen LogP contribution in [0.1, 0.15) is 51.1 Å². The molecule has 2 aliphatic carbocycles. The number of aromatic nitrogens is 1. The number of ether oxygens (including phenoxy) is 1. The second-order valence-corrected chi connectivity index (χ2v) is 7.24. The van der Waals surface area contributed by atoms with Gasteiger partial charge in [-0.25, -0.2) is 0 Å². The first-order chi connectivity index (χ1) is 12.3. The number of guanidine groups is 1. The van der Waals surface area contributed by atoms with Gasteiger partial charge in [0.15, 0.2) is 5.96 Å². The highest BCUT2D eigenvalue weighted by atomic mass is 127. The lowest BCUT2D eigenvalue weighted by Crippen LogP contribution is -2.66. The zero-order chi connectivity index (χ0) is 17.5. The van der Waals surface area contributed by atoms with Crippen LogP contribution in [0.2, 0.25) is 0 Å². The van der Waals surface area contributed by atoms with Gasteiger partial charge in [-0.2, -0.15) is 0 Å². The Morgan fingerprint density at radius 1 is 1.31 bits per heavy atom. The summed E-state index contributed by atoms with van der Waals surface area (Å²) in [7, 11) is 1.85. The molecule has 2 N–H and O–H groups in total. The standard InChI is InChI=1S/C20H32N4O.HI/c1-3-25-18-15-17(20(18)11-6-4-7-12-20)24-19(21-2)23-14-10-16-9-5-8-13-22-16;/h5,8-9,13,17-18H,3-4,6-7,10-12,14-15H2,1-2H3,(H2,21,23,24);1H. The van der Waals surface area contributed by atoms with Crippen molar-refractivity contribution < 1.29 is 4.74 Å². The lowest BCUT2D eigenvalue weighted by molar-refractivity contribution is -0.145. The van der Waals surface area contributed by atoms with E-state index in [0.29, 0.717) is 17.6 Å². The number of rotatable bonds is 6. The average molecular weight is 472 g/mol. The molecule has 0 bridgehead atoms. The Labute approximate surface area is 174 Å². The third-order valence-electron chi connectivity index (χ3n) is 5.87. The normalized spacial score (nSPS) is 24.5. The van der Waals surface area contributed by atoms with Gasteiger partial charge in [-0.1, -0.05) is 25.3 Å². The van der Waals surface area contributed by atoms with Crippen LogP contribution >= 0.6 is 24.0 Å². The van der Waals surface area contributed by atoms with Crippen molar-refractivity contribution in [3.05, 3.63) is 30.1 Å². The fourth-order valence-corrected chi connectivity index (χ4v) is 4.48. The first-order valence-electron chi connectivity index (χ1n) is 9.77. The number of hydrogen-bond donors (Lipinski definition) is 2. The van der Waals surface area contributed by atoms with Gasteiger partial charge < -0.3 is 15.4 Å². The predicted molar refractivity (Wildman–Crippen MR) is 117 cm³/mol. The summed E-state index contributed by atoms with van der Waals surface area (Å²) in [5.74, 6) is 0.904. The maximum atomic E-state index is 6.05. The lowest BCUT2D eigenvalue weighted by Gasteiger charge is -2.57. The molecule has 0 aromatic carbocycles. The molecule has 2 saturated carbocycles. The molecule has 2 fully saturated rings. The Morgan fingerprint density at radius 3 is 2.77 bits per heavy atom. The van der Waals surface area contributed by atoms with Crippen LogP contribution < -0.4 is 10.6 Å². The van der Waals surface area contributed by atoms with E-state index in [4.69, 9.17) is 4.74 Å². The molecule has 2 atom stereocenters. The molecule has 1 heterocycles. The van der Waals surface area contributed by atoms with Crippen LogP contribution in [0.25, 0.3) is 0 Å². The van der Waals surface area contributed by atoms with E-state index in [9.17, 15) is 0 Å². The summed E-state index contributed by atoms with van der Waals surface area (Å²) in [4.78, 5) is 8.79. The molecule has 1 aromatic rings. The van der Waals surface area contributed by atoms with Gasteiger partial charge in [-0.15, -0.1) is 24.0 Å². The number of nitrogens with one attached hydrogen (secondary N) is 2. The minimum absolute atomic E-state index is 0. The van der Waals surface area contributed by atoms with Gasteiger partial charge in [0.05, 0.1) is 6.10 Å². The number of hydrogen-bond acceptors (Lipinski definition) is 3. The Hall–Kier alpha value is -0.890. The Bertz CT molecular complexity index is 560. The van der Waals surface area contributed by atoms with E-state index >= 15 is 0 Å². The number of nitrogens with zero attached hydrogens (tertiary/aromatic N) is 2. The Kier molecular flexibility index (Phi) is 8.60. The van der Waals surface area contributed by atoms with Crippen LogP contribution in [0.3, 0.4) is 0 Å². The third kappa shape index (κ3) is 4.88. The average Bonchev–Trinajstić information content (AvgIpc) is 2.67. The van der Waals surface area contributed by atoms with E-state index in [2.05, 4.69) is 33.6 Å². The second-order valence-electron chi connectivity index (χ2n) is 7.24. The third-order valence-corrected chi connectivity index (χ3v) is 5.87. The van der Waals surface area contributed by atoms with Crippen molar-refractivity contribution in [1.82, 2.24) is 15.6 Å². The Morgan fingerprint density at radius 2 is 2.12 bits per heavy atom. The van der Waals surface area contributed by atoms with Crippen molar-refractivity contribution in [3.63, 3.8) is 0 Å². The van der Waals surface area contributed by atoms with Crippen LogP contribution in [0.15, 0.2) is 29.4 Å². The molecule has 1 aromatic heterocycles. The second kappa shape index (κ2) is 10.4. The molecular formula is C20H33IN4O. The van der Waals surface area contributed by atoms with Crippen LogP contribution in [-0.4, -0.2) is 43.3 Å². The van der Waals surface area contributed by atoms with E-state index in [1.807, 2.05) is 25.4 Å². The van der Waals surface area contributed by atoms with E-state index in [1.165, 1.54) is 32.1 Å². The summed E-state index contributed by atoms with van der Waals surface area (Å²) < 4.78 is 6.05. The molecule has 26 heavy (non-hydrogen) atoms. The monoisotopic (exact) mass is 472 g/mol. The minimum Gasteiger partial charge on any atom is -0.378 e. The maximum absolute atomic E-state index is 6.05. The van der Waals surface area contributed by atoms with E-state index in [1.54, 1.807) is 0 Å². The van der Waals surface area contributed by atoms with Crippen molar-refractivity contribution in [2.24, 2.45) is 10.4 Å². The van der Waals surface area contributed by atoms with Gasteiger partial charge >= 0.3 is 0 Å². The highest BCUT2D eigenvalue weighted by molar-refractivity contribution is 14.0. The van der Waals surface area contributed by atoms with Gasteiger partial charge in [-0.3, -0.25) is 9.98 Å². The van der Waals surface area contributed by atoms with E-state index in [-0.39, 0.29) is 24.0 Å². The molecule has 6 heteroatoms. The van der Waals surface area contributed by atoms with Gasteiger partial charge in [0, 0.05) is 50.0 Å². The predicted octanol–water partition coefficient (Wildman–Crippen LogP) is 3.54. The lowest BCUT2D eigenvalue weighted by atomic mass is 9.55. The first kappa shape index (κ1) is 21.4. The first-order valence-corrected chi connectivity index (χ1v) is 9.77. The SMILES string of the molecule is CCOC1CC(NC(=NC)NCCc2ccccn2)C12CCCCC2.I. The molecule has 0 aliphatic heterocycles. The molecule has 5 nitrogen and oxygen atoms in total. The van der Waals surface area contributed by atoms with Gasteiger partial charge in [0.2, 0.25) is 0 Å². The number of pyridine rings is 1. The molecule has 1 spiro atoms. The van der Waals surface area contributed by atoms with Crippen molar-refractivity contribution >= 4 is 29.9 Å². The van der Waals surface area contributed by atoms with Crippen LogP contribution in [0.5, 0.6) is 0 Å². The highest BCUT2D eigenvalue weighted by Gasteiger charge is 2.55. The molecule has 0 saturated heterocycles. The van der Waals surface area contributed by atoms with E-state index in [0.717, 1.165) is 37.6 Å². The molecule has 0 radical (unpaired) electrons. The zero-order valence-corrected chi connectivity index (χ0v) is 18.4. The summed E-state index contributed by atoms with van der Waals surface area (Å²) >= 11 is 0. The summed E-state index contributed by atoms with van der Waals surface area (Å²) in [5.41, 5.74) is 1.42. The number of aliphatic imine (C=N–C) groups is 1. The molecule has 3 rings (SSSR count). The summed E-state index contributed by atoms with van der Waals surface area (Å²) in [5, 5.41) is 7.12. The van der Waals surface area contributed by atoms with E-state index < -0.39 is 0 Å². The molecule has 146 valence electrons. The van der Waals surface area contributed by atoms with Crippen molar-refractivity contribution in [3.8, 4) is 0 Å². The Balaban J connectivity index is 0.00000243. The quantitative estimate of drug-likeness (QED) is 0.378. The fraction of sp³-hybridized carbons (Fsp3) is 0.700. The molecule has 2 aliphatic rings. The smallest absolute Gasteiger partial charge is 0.191 e. The molecular weight excluding hydrogens is 439 g/mol. The van der Waals surface area contributed by atoms with Crippen LogP contribution in [0.4, 0.5) is 0 Å². The van der Waals surface area contributed by atoms with Crippen LogP contribution in [-0.2, 0) is 11.2 Å². The van der Waals surface area contributed by atoms with Gasteiger partial charge in [0.1, 0.15) is 0 Å². The van der Waals surface area contributed by atoms with Gasteiger partial charge in [0.25, 0.3) is 0 Å². The minimum atomic E-state index is 0. The number of halogens is 1. The highest BCUT2D eigenvalue weighted by Crippen LogP contribution is 2.53. The maximum Gasteiger partial charge on any atom is 0.191 e. The summed E-state index contributed by atoms with van der Waals surface area (Å²) in [6.07, 6.45) is 10.8. The topological polar surface area (TPSA) is 58.5 Å². The van der Waals surface area contributed by atoms with Crippen molar-refractivity contribution in [1.29, 1.82) is 0 Å². The largest absolute Gasteiger partial charge is 0.378 e. The summed E-state index contributed by atoms with van der Waals surface area (Å²) in [6.45, 7) is 3.76. The van der Waals surface area contributed by atoms with Crippen molar-refractivity contribution in [2.45, 2.75) is 64.0 Å². The van der Waals surface area contributed by atoms with Gasteiger partial charge in [-0.05, 0) is 38.3 Å². The van der Waals surface area contributed by atoms with Crippen molar-refractivity contribution in [2.75, 3.05) is 20.2 Å². The molecule has 2 unspecified atom stereocenters. The molecule has 0 amide bonds. The fourth-order valence-electron chi connectivity index (χ4n) is 4.48. The zero-order valence-electron chi connectivity index (χ0n) is 16.0. The van der Waals surface area contributed by atoms with Crippen LogP contribution in [0, 0.1) is 5.41 Å². The summed E-state index contributed by atoms with van der Waals surface area (Å²) in [6, 6.07) is 6.52.